The number of amides is 1. The Morgan fingerprint density at radius 3 is 2.77 bits per heavy atom. The van der Waals surface area contributed by atoms with E-state index in [1.54, 1.807) is 4.68 Å². The van der Waals surface area contributed by atoms with Gasteiger partial charge >= 0.3 is 0 Å². The van der Waals surface area contributed by atoms with E-state index in [-0.39, 0.29) is 11.7 Å². The van der Waals surface area contributed by atoms with Gasteiger partial charge in [0.2, 0.25) is 5.16 Å². The van der Waals surface area contributed by atoms with Crippen LogP contribution < -0.4 is 5.48 Å². The first-order valence-corrected chi connectivity index (χ1v) is 9.05. The lowest BCUT2D eigenvalue weighted by atomic mass is 10.1. The minimum atomic E-state index is -0.249. The van der Waals surface area contributed by atoms with Crippen molar-refractivity contribution in [1.29, 1.82) is 0 Å². The van der Waals surface area contributed by atoms with Crippen molar-refractivity contribution >= 4 is 17.7 Å². The molecule has 1 N–H and O–H groups in total. The van der Waals surface area contributed by atoms with Crippen LogP contribution in [-0.2, 0) is 16.2 Å². The summed E-state index contributed by atoms with van der Waals surface area (Å²) in [4.78, 5) is 17.2. The molecule has 0 aliphatic carbocycles. The first-order valence-electron chi connectivity index (χ1n) is 8.07. The average Bonchev–Trinajstić information content (AvgIpc) is 3.09. The Labute approximate surface area is 155 Å². The fourth-order valence-corrected chi connectivity index (χ4v) is 3.07. The van der Waals surface area contributed by atoms with E-state index in [0.29, 0.717) is 11.8 Å². The van der Waals surface area contributed by atoms with Gasteiger partial charge in [0, 0.05) is 0 Å². The van der Waals surface area contributed by atoms with Crippen LogP contribution in [0.25, 0.3) is 5.69 Å². The van der Waals surface area contributed by atoms with Gasteiger partial charge in [0.15, 0.2) is 0 Å². The Hall–Kier alpha value is -2.71. The highest BCUT2D eigenvalue weighted by molar-refractivity contribution is 7.99. The lowest BCUT2D eigenvalue weighted by Crippen LogP contribution is -2.25. The summed E-state index contributed by atoms with van der Waals surface area (Å²) in [6.07, 6.45) is 0. The molecule has 0 bridgehead atoms. The minimum absolute atomic E-state index is 0.153. The number of aryl methyl sites for hydroxylation is 2. The molecule has 3 aromatic rings. The number of carbonyl (C=O) groups is 1. The lowest BCUT2D eigenvalue weighted by Gasteiger charge is -2.08. The molecule has 1 amide bonds. The molecule has 0 fully saturated rings. The van der Waals surface area contributed by atoms with Gasteiger partial charge < -0.3 is 0 Å². The second kappa shape index (κ2) is 8.59. The van der Waals surface area contributed by atoms with E-state index in [2.05, 4.69) is 27.1 Å². The van der Waals surface area contributed by atoms with Crippen LogP contribution in [0.15, 0.2) is 53.7 Å². The second-order valence-corrected chi connectivity index (χ2v) is 6.69. The van der Waals surface area contributed by atoms with E-state index in [9.17, 15) is 4.79 Å². The Balaban J connectivity index is 1.54. The second-order valence-electron chi connectivity index (χ2n) is 5.75. The fourth-order valence-electron chi connectivity index (χ4n) is 2.40. The fraction of sp³-hybridized carbons (Fsp3) is 0.222. The molecule has 0 radical (unpaired) electrons. The van der Waals surface area contributed by atoms with Crippen molar-refractivity contribution in [2.24, 2.45) is 0 Å². The number of nitrogens with one attached hydrogen (secondary N) is 1. The van der Waals surface area contributed by atoms with E-state index in [1.807, 2.05) is 56.3 Å². The van der Waals surface area contributed by atoms with Gasteiger partial charge in [-0.3, -0.25) is 9.63 Å². The Kier molecular flexibility index (Phi) is 5.98. The Morgan fingerprint density at radius 2 is 2.00 bits per heavy atom. The minimum Gasteiger partial charge on any atom is -0.272 e. The number of rotatable bonds is 7. The molecule has 3 rings (SSSR count). The molecule has 2 aromatic carbocycles. The third-order valence-corrected chi connectivity index (χ3v) is 4.54. The number of aromatic nitrogens is 4. The van der Waals surface area contributed by atoms with Crippen molar-refractivity contribution < 1.29 is 9.63 Å². The van der Waals surface area contributed by atoms with E-state index in [0.717, 1.165) is 16.8 Å². The van der Waals surface area contributed by atoms with Crippen molar-refractivity contribution in [1.82, 2.24) is 25.7 Å². The van der Waals surface area contributed by atoms with Crippen molar-refractivity contribution in [2.75, 3.05) is 5.75 Å². The van der Waals surface area contributed by atoms with Crippen LogP contribution in [0.4, 0.5) is 0 Å². The topological polar surface area (TPSA) is 81.9 Å². The first-order chi connectivity index (χ1) is 12.6. The van der Waals surface area contributed by atoms with Crippen molar-refractivity contribution in [2.45, 2.75) is 25.6 Å². The molecule has 134 valence electrons. The van der Waals surface area contributed by atoms with Gasteiger partial charge in [-0.05, 0) is 41.5 Å². The molecule has 0 saturated carbocycles. The van der Waals surface area contributed by atoms with Crippen LogP contribution in [0.3, 0.4) is 0 Å². The quantitative estimate of drug-likeness (QED) is 0.509. The predicted molar refractivity (Wildman–Crippen MR) is 98.7 cm³/mol. The van der Waals surface area contributed by atoms with Gasteiger partial charge in [-0.15, -0.1) is 5.10 Å². The first kappa shape index (κ1) is 18.1. The predicted octanol–water partition coefficient (Wildman–Crippen LogP) is 2.62. The zero-order valence-electron chi connectivity index (χ0n) is 14.5. The summed E-state index contributed by atoms with van der Waals surface area (Å²) < 4.78 is 1.64. The number of benzene rings is 2. The zero-order valence-corrected chi connectivity index (χ0v) is 15.4. The monoisotopic (exact) mass is 369 g/mol. The number of hydrogen-bond donors (Lipinski definition) is 1. The van der Waals surface area contributed by atoms with Crippen molar-refractivity contribution in [3.05, 3.63) is 65.2 Å². The van der Waals surface area contributed by atoms with Crippen LogP contribution in [0.1, 0.15) is 16.7 Å². The molecule has 26 heavy (non-hydrogen) atoms. The molecule has 0 spiro atoms. The number of hydrogen-bond acceptors (Lipinski definition) is 6. The summed E-state index contributed by atoms with van der Waals surface area (Å²) in [6, 6.07) is 15.7. The maximum atomic E-state index is 12.0. The molecule has 7 nitrogen and oxygen atoms in total. The summed E-state index contributed by atoms with van der Waals surface area (Å²) in [5, 5.41) is 12.3. The molecular formula is C18H19N5O2S. The van der Waals surface area contributed by atoms with E-state index in [1.165, 1.54) is 17.3 Å². The van der Waals surface area contributed by atoms with Crippen molar-refractivity contribution in [3.8, 4) is 5.69 Å². The summed E-state index contributed by atoms with van der Waals surface area (Å²) in [5.41, 5.74) is 6.55. The maximum absolute atomic E-state index is 12.0. The molecule has 1 heterocycles. The molecule has 0 aliphatic heterocycles. The number of nitrogens with zero attached hydrogens (tertiary/aromatic N) is 4. The molecule has 1 aromatic heterocycles. The molecule has 0 atom stereocenters. The van der Waals surface area contributed by atoms with Crippen molar-refractivity contribution in [3.63, 3.8) is 0 Å². The van der Waals surface area contributed by atoms with Crippen LogP contribution in [0, 0.1) is 13.8 Å². The standard InChI is InChI=1S/C18H19N5O2S/c1-13-8-9-16(14(2)10-13)23-18(19-21-22-23)26-12-17(24)20-25-11-15-6-4-3-5-7-15/h3-10H,11-12H2,1-2H3,(H,20,24). The van der Waals surface area contributed by atoms with Gasteiger partial charge in [-0.2, -0.15) is 4.68 Å². The SMILES string of the molecule is Cc1ccc(-n2nnnc2SCC(=O)NOCc2ccccc2)c(C)c1. The smallest absolute Gasteiger partial charge is 0.254 e. The molecule has 0 saturated heterocycles. The highest BCUT2D eigenvalue weighted by atomic mass is 32.2. The number of tetrazole rings is 1. The molecule has 8 heteroatoms. The highest BCUT2D eigenvalue weighted by Gasteiger charge is 2.13. The number of thioether (sulfide) groups is 1. The van der Waals surface area contributed by atoms with Crippen LogP contribution >= 0.6 is 11.8 Å². The summed E-state index contributed by atoms with van der Waals surface area (Å²) in [5.74, 6) is -0.0961. The molecule has 0 unspecified atom stereocenters. The van der Waals surface area contributed by atoms with E-state index in [4.69, 9.17) is 4.84 Å². The van der Waals surface area contributed by atoms with Gasteiger partial charge in [0.25, 0.3) is 5.91 Å². The van der Waals surface area contributed by atoms with Gasteiger partial charge in [-0.1, -0.05) is 59.8 Å². The highest BCUT2D eigenvalue weighted by Crippen LogP contribution is 2.21. The molecular weight excluding hydrogens is 350 g/mol. The zero-order chi connectivity index (χ0) is 18.4. The summed E-state index contributed by atoms with van der Waals surface area (Å²) >= 11 is 1.25. The Bertz CT molecular complexity index is 882. The normalized spacial score (nSPS) is 10.7. The van der Waals surface area contributed by atoms with Crippen LogP contribution in [0.5, 0.6) is 0 Å². The third kappa shape index (κ3) is 4.68. The largest absolute Gasteiger partial charge is 0.272 e. The van der Waals surface area contributed by atoms with E-state index >= 15 is 0 Å². The van der Waals surface area contributed by atoms with Gasteiger partial charge in [-0.25, -0.2) is 5.48 Å². The molecule has 0 aliphatic rings. The van der Waals surface area contributed by atoms with E-state index < -0.39 is 0 Å². The van der Waals surface area contributed by atoms with Gasteiger partial charge in [0.1, 0.15) is 0 Å². The average molecular weight is 369 g/mol. The van der Waals surface area contributed by atoms with Crippen LogP contribution in [-0.4, -0.2) is 31.9 Å². The third-order valence-electron chi connectivity index (χ3n) is 3.62. The number of carbonyl (C=O) groups excluding carboxylic acids is 1. The van der Waals surface area contributed by atoms with Gasteiger partial charge in [0.05, 0.1) is 18.0 Å². The Morgan fingerprint density at radius 1 is 1.19 bits per heavy atom. The number of hydroxylamine groups is 1. The summed E-state index contributed by atoms with van der Waals surface area (Å²) in [6.45, 7) is 4.35. The summed E-state index contributed by atoms with van der Waals surface area (Å²) in [7, 11) is 0. The lowest BCUT2D eigenvalue weighted by molar-refractivity contribution is -0.131. The maximum Gasteiger partial charge on any atom is 0.254 e. The van der Waals surface area contributed by atoms with Crippen LogP contribution in [0.2, 0.25) is 0 Å².